The summed E-state index contributed by atoms with van der Waals surface area (Å²) in [6, 6.07) is 8.88. The zero-order valence-electron chi connectivity index (χ0n) is 9.84. The van der Waals surface area contributed by atoms with Crippen LogP contribution in [-0.2, 0) is 6.42 Å². The first-order valence-corrected chi connectivity index (χ1v) is 7.21. The number of halogens is 4. The van der Waals surface area contributed by atoms with Gasteiger partial charge in [-0.05, 0) is 57.7 Å². The fraction of sp³-hybridized carbons (Fsp3) is 0.143. The molecule has 1 atom stereocenters. The third-order valence-electron chi connectivity index (χ3n) is 2.83. The second kappa shape index (κ2) is 6.11. The van der Waals surface area contributed by atoms with Gasteiger partial charge in [-0.3, -0.25) is 0 Å². The fourth-order valence-corrected chi connectivity index (χ4v) is 2.82. The smallest absolute Gasteiger partial charge is 0.137 e. The topological polar surface area (TPSA) is 26.0 Å². The summed E-state index contributed by atoms with van der Waals surface area (Å²) in [6.07, 6.45) is 0.299. The summed E-state index contributed by atoms with van der Waals surface area (Å²) in [6.45, 7) is 0. The van der Waals surface area contributed by atoms with E-state index in [2.05, 4.69) is 31.9 Å². The van der Waals surface area contributed by atoms with Crippen LogP contribution in [0.3, 0.4) is 0 Å². The van der Waals surface area contributed by atoms with Gasteiger partial charge < -0.3 is 5.73 Å². The molecular weight excluding hydrogens is 380 g/mol. The molecule has 0 saturated heterocycles. The molecule has 0 aliphatic rings. The van der Waals surface area contributed by atoms with Gasteiger partial charge in [0.05, 0.1) is 4.47 Å². The van der Waals surface area contributed by atoms with Gasteiger partial charge in [-0.25, -0.2) is 8.78 Å². The van der Waals surface area contributed by atoms with Crippen LogP contribution in [0.1, 0.15) is 17.2 Å². The minimum Gasteiger partial charge on any atom is -0.324 e. The highest BCUT2D eigenvalue weighted by molar-refractivity contribution is 9.10. The van der Waals surface area contributed by atoms with Crippen molar-refractivity contribution < 1.29 is 8.78 Å². The van der Waals surface area contributed by atoms with Crippen LogP contribution in [0.25, 0.3) is 0 Å². The van der Waals surface area contributed by atoms with Crippen molar-refractivity contribution in [2.75, 3.05) is 0 Å². The maximum absolute atomic E-state index is 13.7. The van der Waals surface area contributed by atoms with Crippen molar-refractivity contribution in [2.45, 2.75) is 12.5 Å². The molecule has 100 valence electrons. The van der Waals surface area contributed by atoms with E-state index in [0.29, 0.717) is 22.0 Å². The molecule has 19 heavy (non-hydrogen) atoms. The molecule has 0 bridgehead atoms. The zero-order chi connectivity index (χ0) is 14.0. The molecule has 1 unspecified atom stereocenters. The summed E-state index contributed by atoms with van der Waals surface area (Å²) in [5.41, 5.74) is 7.16. The molecule has 2 N–H and O–H groups in total. The van der Waals surface area contributed by atoms with Gasteiger partial charge >= 0.3 is 0 Å². The molecule has 0 amide bonds. The average Bonchev–Trinajstić information content (AvgIpc) is 2.37. The molecule has 0 aliphatic heterocycles. The SMILES string of the molecule is NC(Cc1cc(Br)ccc1F)c1cccc(F)c1Br. The van der Waals surface area contributed by atoms with Gasteiger partial charge in [0.2, 0.25) is 0 Å². The van der Waals surface area contributed by atoms with E-state index in [1.54, 1.807) is 24.3 Å². The molecule has 0 aromatic heterocycles. The minimum atomic E-state index is -0.478. The molecule has 0 heterocycles. The van der Waals surface area contributed by atoms with E-state index in [4.69, 9.17) is 5.73 Å². The Balaban J connectivity index is 2.28. The van der Waals surface area contributed by atoms with Crippen LogP contribution in [0.5, 0.6) is 0 Å². The second-order valence-electron chi connectivity index (χ2n) is 4.19. The Labute approximate surface area is 127 Å². The Hall–Kier alpha value is -0.780. The minimum absolute atomic E-state index is 0.299. The van der Waals surface area contributed by atoms with Gasteiger partial charge in [-0.2, -0.15) is 0 Å². The first-order chi connectivity index (χ1) is 8.99. The van der Waals surface area contributed by atoms with Crippen LogP contribution in [0, 0.1) is 11.6 Å². The quantitative estimate of drug-likeness (QED) is 0.805. The zero-order valence-corrected chi connectivity index (χ0v) is 13.0. The van der Waals surface area contributed by atoms with E-state index in [1.165, 1.54) is 12.1 Å². The van der Waals surface area contributed by atoms with Crippen LogP contribution in [-0.4, -0.2) is 0 Å². The average molecular weight is 391 g/mol. The molecule has 5 heteroatoms. The largest absolute Gasteiger partial charge is 0.324 e. The predicted octanol–water partition coefficient (Wildman–Crippen LogP) is 4.73. The first kappa shape index (κ1) is 14.6. The van der Waals surface area contributed by atoms with Gasteiger partial charge in [0.25, 0.3) is 0 Å². The van der Waals surface area contributed by atoms with Crippen molar-refractivity contribution in [3.63, 3.8) is 0 Å². The Kier molecular flexibility index (Phi) is 4.71. The standard InChI is InChI=1S/C14H11Br2F2N/c15-9-4-5-11(17)8(6-9)7-13(19)10-2-1-3-12(18)14(10)16/h1-6,13H,7,19H2. The summed E-state index contributed by atoms with van der Waals surface area (Å²) in [5.74, 6) is -0.686. The highest BCUT2D eigenvalue weighted by atomic mass is 79.9. The van der Waals surface area contributed by atoms with Crippen molar-refractivity contribution in [3.8, 4) is 0 Å². The van der Waals surface area contributed by atoms with E-state index in [0.717, 1.165) is 4.47 Å². The second-order valence-corrected chi connectivity index (χ2v) is 5.90. The lowest BCUT2D eigenvalue weighted by atomic mass is 9.99. The van der Waals surface area contributed by atoms with Crippen molar-refractivity contribution in [1.82, 2.24) is 0 Å². The Bertz CT molecular complexity index is 602. The summed E-state index contributed by atoms with van der Waals surface area (Å²) < 4.78 is 28.2. The third-order valence-corrected chi connectivity index (χ3v) is 4.16. The van der Waals surface area contributed by atoms with Gasteiger partial charge in [-0.1, -0.05) is 28.1 Å². The van der Waals surface area contributed by atoms with Crippen molar-refractivity contribution in [1.29, 1.82) is 0 Å². The number of benzene rings is 2. The number of rotatable bonds is 3. The van der Waals surface area contributed by atoms with E-state index >= 15 is 0 Å². The third kappa shape index (κ3) is 3.41. The summed E-state index contributed by atoms with van der Waals surface area (Å²) in [7, 11) is 0. The molecule has 2 rings (SSSR count). The lowest BCUT2D eigenvalue weighted by Crippen LogP contribution is -2.15. The summed E-state index contributed by atoms with van der Waals surface area (Å²) >= 11 is 6.46. The van der Waals surface area contributed by atoms with E-state index in [-0.39, 0.29) is 11.6 Å². The maximum Gasteiger partial charge on any atom is 0.137 e. The van der Waals surface area contributed by atoms with Crippen LogP contribution >= 0.6 is 31.9 Å². The van der Waals surface area contributed by atoms with Gasteiger partial charge in [-0.15, -0.1) is 0 Å². The van der Waals surface area contributed by atoms with Gasteiger partial charge in [0, 0.05) is 10.5 Å². The van der Waals surface area contributed by atoms with Crippen LogP contribution in [0.15, 0.2) is 45.3 Å². The molecule has 2 aromatic rings. The monoisotopic (exact) mass is 389 g/mol. The normalized spacial score (nSPS) is 12.5. The highest BCUT2D eigenvalue weighted by Gasteiger charge is 2.15. The van der Waals surface area contributed by atoms with Gasteiger partial charge in [0.1, 0.15) is 11.6 Å². The van der Waals surface area contributed by atoms with Crippen molar-refractivity contribution in [2.24, 2.45) is 5.73 Å². The molecule has 1 nitrogen and oxygen atoms in total. The number of hydrogen-bond donors (Lipinski definition) is 1. The van der Waals surface area contributed by atoms with Gasteiger partial charge in [0.15, 0.2) is 0 Å². The van der Waals surface area contributed by atoms with Crippen LogP contribution < -0.4 is 5.73 Å². The van der Waals surface area contributed by atoms with Crippen LogP contribution in [0.2, 0.25) is 0 Å². The molecule has 2 aromatic carbocycles. The molecule has 0 spiro atoms. The summed E-state index contributed by atoms with van der Waals surface area (Å²) in [5, 5.41) is 0. The molecular formula is C14H11Br2F2N. The molecule has 0 aliphatic carbocycles. The molecule has 0 fully saturated rings. The Morgan fingerprint density at radius 1 is 1.05 bits per heavy atom. The Morgan fingerprint density at radius 3 is 2.53 bits per heavy atom. The number of nitrogens with two attached hydrogens (primary N) is 1. The van der Waals surface area contributed by atoms with E-state index in [9.17, 15) is 8.78 Å². The lowest BCUT2D eigenvalue weighted by molar-refractivity contribution is 0.586. The lowest BCUT2D eigenvalue weighted by Gasteiger charge is -2.15. The fourth-order valence-electron chi connectivity index (χ4n) is 1.85. The van der Waals surface area contributed by atoms with Crippen molar-refractivity contribution in [3.05, 3.63) is 68.1 Å². The number of hydrogen-bond acceptors (Lipinski definition) is 1. The molecule has 0 saturated carbocycles. The predicted molar refractivity (Wildman–Crippen MR) is 78.8 cm³/mol. The highest BCUT2D eigenvalue weighted by Crippen LogP contribution is 2.28. The maximum atomic E-state index is 13.7. The van der Waals surface area contributed by atoms with E-state index in [1.807, 2.05) is 0 Å². The summed E-state index contributed by atoms with van der Waals surface area (Å²) in [4.78, 5) is 0. The van der Waals surface area contributed by atoms with Crippen molar-refractivity contribution >= 4 is 31.9 Å². The first-order valence-electron chi connectivity index (χ1n) is 5.62. The Morgan fingerprint density at radius 2 is 1.79 bits per heavy atom. The van der Waals surface area contributed by atoms with Crippen LogP contribution in [0.4, 0.5) is 8.78 Å². The van der Waals surface area contributed by atoms with E-state index < -0.39 is 6.04 Å². The molecule has 0 radical (unpaired) electrons.